The van der Waals surface area contributed by atoms with Gasteiger partial charge < -0.3 is 15.4 Å². The van der Waals surface area contributed by atoms with Crippen LogP contribution in [0.25, 0.3) is 16.7 Å². The largest absolute Gasteiger partial charge is 0.462 e. The third kappa shape index (κ3) is 3.37. The summed E-state index contributed by atoms with van der Waals surface area (Å²) in [5.74, 6) is -4.76. The van der Waals surface area contributed by atoms with Gasteiger partial charge in [-0.05, 0) is 32.4 Å². The van der Waals surface area contributed by atoms with E-state index in [0.717, 1.165) is 23.3 Å². The third-order valence-electron chi connectivity index (χ3n) is 5.36. The van der Waals surface area contributed by atoms with Crippen LogP contribution in [-0.2, 0) is 4.74 Å². The van der Waals surface area contributed by atoms with Crippen molar-refractivity contribution in [1.29, 1.82) is 0 Å². The number of aromatic nitrogens is 2. The van der Waals surface area contributed by atoms with Gasteiger partial charge in [-0.2, -0.15) is 0 Å². The summed E-state index contributed by atoms with van der Waals surface area (Å²) >= 11 is 0. The maximum absolute atomic E-state index is 14.9. The lowest BCUT2D eigenvalue weighted by Crippen LogP contribution is -2.46. The highest BCUT2D eigenvalue weighted by Gasteiger charge is 2.28. The number of anilines is 2. The van der Waals surface area contributed by atoms with Crippen molar-refractivity contribution in [3.8, 4) is 5.82 Å². The minimum Gasteiger partial charge on any atom is -0.462 e. The Morgan fingerprint density at radius 2 is 1.97 bits per heavy atom. The molecule has 3 heterocycles. The quantitative estimate of drug-likeness (QED) is 0.637. The zero-order chi connectivity index (χ0) is 22.4. The molecule has 1 aliphatic rings. The molecule has 0 aliphatic carbocycles. The van der Waals surface area contributed by atoms with Gasteiger partial charge in [0.1, 0.15) is 11.4 Å². The summed E-state index contributed by atoms with van der Waals surface area (Å²) in [6.07, 6.45) is 1.92. The average Bonchev–Trinajstić information content (AvgIpc) is 2.71. The molecule has 2 N–H and O–H groups in total. The van der Waals surface area contributed by atoms with Crippen LogP contribution in [0.4, 0.5) is 24.7 Å². The first-order chi connectivity index (χ1) is 14.7. The van der Waals surface area contributed by atoms with Crippen LogP contribution in [0.1, 0.15) is 30.6 Å². The van der Waals surface area contributed by atoms with E-state index in [9.17, 15) is 22.8 Å². The molecule has 1 aromatic carbocycles. The van der Waals surface area contributed by atoms with E-state index in [-0.39, 0.29) is 29.2 Å². The maximum atomic E-state index is 14.9. The highest BCUT2D eigenvalue weighted by atomic mass is 19.1. The lowest BCUT2D eigenvalue weighted by molar-refractivity contribution is 0.0524. The lowest BCUT2D eigenvalue weighted by Gasteiger charge is -2.41. The molecular weight excluding hydrogens is 413 g/mol. The number of esters is 1. The van der Waals surface area contributed by atoms with Gasteiger partial charge in [-0.25, -0.2) is 22.9 Å². The first kappa shape index (κ1) is 20.7. The molecule has 1 atom stereocenters. The van der Waals surface area contributed by atoms with Crippen LogP contribution in [0.2, 0.25) is 0 Å². The van der Waals surface area contributed by atoms with Crippen LogP contribution in [0.15, 0.2) is 29.2 Å². The minimum absolute atomic E-state index is 0.00738. The fraction of sp³-hybridized carbons (Fsp3) is 0.286. The van der Waals surface area contributed by atoms with Crippen LogP contribution in [-0.4, -0.2) is 34.7 Å². The molecule has 1 aliphatic heterocycles. The number of hydrogen-bond acceptors (Lipinski definition) is 6. The smallest absolute Gasteiger partial charge is 0.343 e. The molecule has 0 radical (unpaired) electrons. The van der Waals surface area contributed by atoms with Crippen molar-refractivity contribution in [1.82, 2.24) is 9.55 Å². The van der Waals surface area contributed by atoms with Crippen LogP contribution in [0, 0.1) is 17.5 Å². The van der Waals surface area contributed by atoms with Crippen molar-refractivity contribution >= 4 is 28.4 Å². The van der Waals surface area contributed by atoms with Gasteiger partial charge in [-0.3, -0.25) is 9.36 Å². The molecule has 0 saturated carbocycles. The topological polar surface area (TPSA) is 90.4 Å². The van der Waals surface area contributed by atoms with Crippen LogP contribution >= 0.6 is 0 Å². The van der Waals surface area contributed by atoms with Crippen molar-refractivity contribution < 1.29 is 22.7 Å². The summed E-state index contributed by atoms with van der Waals surface area (Å²) in [5, 5.41) is -0.177. The number of nitrogens with two attached hydrogens (primary N) is 1. The molecule has 162 valence electrons. The molecule has 31 heavy (non-hydrogen) atoms. The second kappa shape index (κ2) is 7.60. The normalized spacial score (nSPS) is 15.8. The van der Waals surface area contributed by atoms with Gasteiger partial charge in [-0.1, -0.05) is 0 Å². The summed E-state index contributed by atoms with van der Waals surface area (Å²) in [5.41, 5.74) is 4.60. The number of ether oxygens (including phenoxy) is 1. The first-order valence-corrected chi connectivity index (χ1v) is 9.67. The summed E-state index contributed by atoms with van der Waals surface area (Å²) in [6.45, 7) is 4.09. The van der Waals surface area contributed by atoms with E-state index in [1.165, 1.54) is 6.07 Å². The van der Waals surface area contributed by atoms with Gasteiger partial charge in [0, 0.05) is 24.8 Å². The van der Waals surface area contributed by atoms with Crippen molar-refractivity contribution in [3.63, 3.8) is 0 Å². The lowest BCUT2D eigenvalue weighted by atomic mass is 10.0. The Hall–Kier alpha value is -3.56. The highest BCUT2D eigenvalue weighted by Crippen LogP contribution is 2.32. The highest BCUT2D eigenvalue weighted by molar-refractivity contribution is 5.95. The van der Waals surface area contributed by atoms with Gasteiger partial charge in [0.05, 0.1) is 23.2 Å². The second-order valence-electron chi connectivity index (χ2n) is 7.28. The van der Waals surface area contributed by atoms with E-state index in [2.05, 4.69) is 4.98 Å². The number of pyridine rings is 2. The molecule has 3 aromatic rings. The molecule has 10 heteroatoms. The average molecular weight is 432 g/mol. The number of nitrogen functional groups attached to an aromatic ring is 1. The Bertz CT molecular complexity index is 1280. The summed E-state index contributed by atoms with van der Waals surface area (Å²) in [6, 6.07) is 3.02. The maximum Gasteiger partial charge on any atom is 0.343 e. The molecule has 0 bridgehead atoms. The van der Waals surface area contributed by atoms with E-state index < -0.39 is 46.0 Å². The van der Waals surface area contributed by atoms with Crippen LogP contribution in [0.5, 0.6) is 0 Å². The fourth-order valence-corrected chi connectivity index (χ4v) is 3.60. The zero-order valence-electron chi connectivity index (χ0n) is 16.8. The Balaban J connectivity index is 2.07. The number of rotatable bonds is 4. The minimum atomic E-state index is -1.07. The molecule has 2 aromatic heterocycles. The predicted octanol–water partition coefficient (Wildman–Crippen LogP) is 3.16. The van der Waals surface area contributed by atoms with Crippen molar-refractivity contribution in [2.24, 2.45) is 0 Å². The number of carbonyl (C=O) groups excluding carboxylic acids is 1. The molecule has 0 spiro atoms. The van der Waals surface area contributed by atoms with E-state index in [4.69, 9.17) is 10.5 Å². The molecule has 0 unspecified atom stereocenters. The number of nitrogens with zero attached hydrogens (tertiary/aromatic N) is 3. The van der Waals surface area contributed by atoms with Gasteiger partial charge in [0.25, 0.3) is 0 Å². The SMILES string of the molecule is CCOC(=O)c1cn(-c2nc(N)c(F)cc2F)c2cc(N3CC[C@@H]3C)c(F)cc2c1=O. The van der Waals surface area contributed by atoms with E-state index in [0.29, 0.717) is 12.6 Å². The first-order valence-electron chi connectivity index (χ1n) is 9.67. The summed E-state index contributed by atoms with van der Waals surface area (Å²) < 4.78 is 49.2. The number of halogens is 3. The van der Waals surface area contributed by atoms with Gasteiger partial charge in [0.15, 0.2) is 23.3 Å². The Labute approximate surface area is 174 Å². The molecule has 4 rings (SSSR count). The van der Waals surface area contributed by atoms with Gasteiger partial charge in [0.2, 0.25) is 5.43 Å². The standard InChI is InChI=1S/C21H19F3N4O3/c1-3-31-21(30)12-9-28(20-15(24)7-14(23)19(25)26-20)16-8-17(27-5-4-10(27)2)13(22)6-11(16)18(12)29/h6-10H,3-5H2,1-2H3,(H2,25,26)/t10-/m0/s1. The van der Waals surface area contributed by atoms with Crippen LogP contribution < -0.4 is 16.1 Å². The second-order valence-corrected chi connectivity index (χ2v) is 7.28. The van der Waals surface area contributed by atoms with E-state index >= 15 is 0 Å². The summed E-state index contributed by atoms with van der Waals surface area (Å²) in [4.78, 5) is 30.8. The number of hydrogen-bond donors (Lipinski definition) is 1. The molecular formula is C21H19F3N4O3. The molecule has 1 saturated heterocycles. The molecule has 0 amide bonds. The van der Waals surface area contributed by atoms with E-state index in [1.54, 1.807) is 11.8 Å². The zero-order valence-corrected chi connectivity index (χ0v) is 16.8. The van der Waals surface area contributed by atoms with Crippen molar-refractivity contribution in [2.75, 3.05) is 23.8 Å². The number of carbonyl (C=O) groups is 1. The van der Waals surface area contributed by atoms with Crippen molar-refractivity contribution in [3.05, 3.63) is 57.6 Å². The molecule has 1 fully saturated rings. The Kier molecular flexibility index (Phi) is 5.08. The Morgan fingerprint density at radius 3 is 2.58 bits per heavy atom. The van der Waals surface area contributed by atoms with Crippen LogP contribution in [0.3, 0.4) is 0 Å². The summed E-state index contributed by atoms with van der Waals surface area (Å²) in [7, 11) is 0. The number of benzene rings is 1. The fourth-order valence-electron chi connectivity index (χ4n) is 3.60. The number of fused-ring (bicyclic) bond motifs is 1. The monoisotopic (exact) mass is 432 g/mol. The Morgan fingerprint density at radius 1 is 1.23 bits per heavy atom. The van der Waals surface area contributed by atoms with E-state index in [1.807, 2.05) is 6.92 Å². The predicted molar refractivity (Wildman–Crippen MR) is 109 cm³/mol. The van der Waals surface area contributed by atoms with Gasteiger partial charge >= 0.3 is 5.97 Å². The molecule has 7 nitrogen and oxygen atoms in total. The van der Waals surface area contributed by atoms with Crippen molar-refractivity contribution in [2.45, 2.75) is 26.3 Å². The third-order valence-corrected chi connectivity index (χ3v) is 5.36. The van der Waals surface area contributed by atoms with Gasteiger partial charge in [-0.15, -0.1) is 0 Å².